The first-order valence-electron chi connectivity index (χ1n) is 6.69. The van der Waals surface area contributed by atoms with E-state index in [0.717, 1.165) is 10.00 Å². The van der Waals surface area contributed by atoms with Crippen molar-refractivity contribution in [1.29, 1.82) is 0 Å². The number of benzene rings is 1. The molecule has 1 aromatic carbocycles. The molecule has 1 amide bonds. The molecular formula is C15H16ClN3O3S. The van der Waals surface area contributed by atoms with E-state index in [-0.39, 0.29) is 15.5 Å². The summed E-state index contributed by atoms with van der Waals surface area (Å²) in [5.74, 6) is -0.157. The minimum atomic E-state index is -3.65. The molecule has 23 heavy (non-hydrogen) atoms. The maximum atomic E-state index is 12.4. The van der Waals surface area contributed by atoms with E-state index in [1.807, 2.05) is 0 Å². The van der Waals surface area contributed by atoms with Gasteiger partial charge in [-0.3, -0.25) is 4.79 Å². The van der Waals surface area contributed by atoms with Gasteiger partial charge in [0.15, 0.2) is 0 Å². The van der Waals surface area contributed by atoms with E-state index < -0.39 is 15.9 Å². The van der Waals surface area contributed by atoms with E-state index in [1.165, 1.54) is 32.3 Å². The monoisotopic (exact) mass is 353 g/mol. The van der Waals surface area contributed by atoms with E-state index in [9.17, 15) is 13.2 Å². The van der Waals surface area contributed by atoms with Crippen molar-refractivity contribution >= 4 is 33.3 Å². The number of nitrogens with one attached hydrogen (secondary N) is 1. The normalized spacial score (nSPS) is 11.5. The Balaban J connectivity index is 2.37. The van der Waals surface area contributed by atoms with Gasteiger partial charge in [-0.1, -0.05) is 17.7 Å². The first-order chi connectivity index (χ1) is 10.7. The summed E-state index contributed by atoms with van der Waals surface area (Å²) < 4.78 is 25.4. The highest BCUT2D eigenvalue weighted by Gasteiger charge is 2.21. The molecule has 6 nitrogen and oxygen atoms in total. The van der Waals surface area contributed by atoms with Crippen molar-refractivity contribution in [3.8, 4) is 0 Å². The lowest BCUT2D eigenvalue weighted by Crippen LogP contribution is -2.23. The van der Waals surface area contributed by atoms with Crippen molar-refractivity contribution in [1.82, 2.24) is 9.29 Å². The maximum absolute atomic E-state index is 12.4. The minimum Gasteiger partial charge on any atom is -0.307 e. The SMILES string of the molecule is Cc1cccc(NC(=O)c2cc(S(=O)(=O)N(C)C)ccc2Cl)n1. The molecule has 0 saturated carbocycles. The number of hydrogen-bond acceptors (Lipinski definition) is 4. The highest BCUT2D eigenvalue weighted by molar-refractivity contribution is 7.89. The molecule has 1 aromatic heterocycles. The summed E-state index contributed by atoms with van der Waals surface area (Å²) in [6, 6.07) is 9.19. The van der Waals surface area contributed by atoms with Crippen molar-refractivity contribution in [2.75, 3.05) is 19.4 Å². The third-order valence-corrected chi connectivity index (χ3v) is 5.23. The van der Waals surface area contributed by atoms with Gasteiger partial charge in [0.2, 0.25) is 10.0 Å². The molecule has 0 saturated heterocycles. The molecule has 0 fully saturated rings. The van der Waals surface area contributed by atoms with Crippen molar-refractivity contribution in [3.05, 3.63) is 52.7 Å². The fourth-order valence-electron chi connectivity index (χ4n) is 1.85. The van der Waals surface area contributed by atoms with Gasteiger partial charge in [-0.25, -0.2) is 17.7 Å². The predicted octanol–water partition coefficient (Wildman–Crippen LogP) is 2.55. The van der Waals surface area contributed by atoms with Crippen LogP contribution in [0.25, 0.3) is 0 Å². The summed E-state index contributed by atoms with van der Waals surface area (Å²) in [5, 5.41) is 2.76. The Bertz CT molecular complexity index is 851. The number of aromatic nitrogens is 1. The van der Waals surface area contributed by atoms with Crippen LogP contribution in [0.3, 0.4) is 0 Å². The van der Waals surface area contributed by atoms with Crippen molar-refractivity contribution in [3.63, 3.8) is 0 Å². The highest BCUT2D eigenvalue weighted by Crippen LogP contribution is 2.23. The van der Waals surface area contributed by atoms with Gasteiger partial charge in [-0.05, 0) is 37.3 Å². The number of amides is 1. The number of halogens is 1. The summed E-state index contributed by atoms with van der Waals surface area (Å²) in [6.45, 7) is 1.80. The zero-order valence-electron chi connectivity index (χ0n) is 12.9. The number of nitrogens with zero attached hydrogens (tertiary/aromatic N) is 2. The summed E-state index contributed by atoms with van der Waals surface area (Å²) in [6.07, 6.45) is 0. The zero-order valence-corrected chi connectivity index (χ0v) is 14.4. The maximum Gasteiger partial charge on any atom is 0.258 e. The van der Waals surface area contributed by atoms with Gasteiger partial charge in [-0.2, -0.15) is 0 Å². The van der Waals surface area contributed by atoms with Crippen molar-refractivity contribution in [2.24, 2.45) is 0 Å². The first-order valence-corrected chi connectivity index (χ1v) is 8.50. The number of aryl methyl sites for hydroxylation is 1. The van der Waals surface area contributed by atoms with Crippen LogP contribution in [0.1, 0.15) is 16.1 Å². The van der Waals surface area contributed by atoms with Crippen molar-refractivity contribution in [2.45, 2.75) is 11.8 Å². The molecule has 0 bridgehead atoms. The zero-order chi connectivity index (χ0) is 17.2. The Morgan fingerprint density at radius 2 is 1.91 bits per heavy atom. The van der Waals surface area contributed by atoms with Crippen LogP contribution in [0.15, 0.2) is 41.3 Å². The lowest BCUT2D eigenvalue weighted by molar-refractivity contribution is 0.102. The largest absolute Gasteiger partial charge is 0.307 e. The Hall–Kier alpha value is -1.96. The lowest BCUT2D eigenvalue weighted by atomic mass is 10.2. The average molecular weight is 354 g/mol. The van der Waals surface area contributed by atoms with Crippen LogP contribution >= 0.6 is 11.6 Å². The summed E-state index contributed by atoms with van der Waals surface area (Å²) in [5.41, 5.74) is 0.815. The lowest BCUT2D eigenvalue weighted by Gasteiger charge is -2.13. The molecule has 2 rings (SSSR count). The molecule has 0 aliphatic rings. The van der Waals surface area contributed by atoms with Crippen LogP contribution in [0.4, 0.5) is 5.82 Å². The van der Waals surface area contributed by atoms with E-state index in [4.69, 9.17) is 11.6 Å². The first kappa shape index (κ1) is 17.4. The molecule has 8 heteroatoms. The van der Waals surface area contributed by atoms with Crippen LogP contribution in [0, 0.1) is 6.92 Å². The number of anilines is 1. The number of hydrogen-bond donors (Lipinski definition) is 1. The molecule has 0 aliphatic heterocycles. The van der Waals surface area contributed by atoms with Gasteiger partial charge in [0.05, 0.1) is 15.5 Å². The number of pyridine rings is 1. The van der Waals surface area contributed by atoms with E-state index in [2.05, 4.69) is 10.3 Å². The third kappa shape index (κ3) is 3.87. The van der Waals surface area contributed by atoms with Crippen LogP contribution < -0.4 is 5.32 Å². The Kier molecular flexibility index (Phi) is 5.03. The molecule has 122 valence electrons. The molecule has 0 atom stereocenters. The minimum absolute atomic E-state index is 0.00532. The van der Waals surface area contributed by atoms with Crippen molar-refractivity contribution < 1.29 is 13.2 Å². The quantitative estimate of drug-likeness (QED) is 0.916. The molecule has 1 N–H and O–H groups in total. The van der Waals surface area contributed by atoms with Crippen LogP contribution in [-0.2, 0) is 10.0 Å². The van der Waals surface area contributed by atoms with Gasteiger partial charge < -0.3 is 5.32 Å². The molecule has 0 unspecified atom stereocenters. The fraction of sp³-hybridized carbons (Fsp3) is 0.200. The molecule has 2 aromatic rings. The molecule has 0 spiro atoms. The van der Waals surface area contributed by atoms with Crippen LogP contribution in [-0.4, -0.2) is 37.7 Å². The van der Waals surface area contributed by atoms with Gasteiger partial charge in [0.25, 0.3) is 5.91 Å². The Labute approximate surface area is 140 Å². The second-order valence-corrected chi connectivity index (χ2v) is 7.61. The number of rotatable bonds is 4. The average Bonchev–Trinajstić information content (AvgIpc) is 2.47. The van der Waals surface area contributed by atoms with Crippen LogP contribution in [0.5, 0.6) is 0 Å². The smallest absolute Gasteiger partial charge is 0.258 e. The summed E-state index contributed by atoms with van der Waals surface area (Å²) in [4.78, 5) is 16.5. The van der Waals surface area contributed by atoms with Gasteiger partial charge in [0, 0.05) is 19.8 Å². The fourth-order valence-corrected chi connectivity index (χ4v) is 2.98. The van der Waals surface area contributed by atoms with Gasteiger partial charge in [-0.15, -0.1) is 0 Å². The second-order valence-electron chi connectivity index (χ2n) is 5.05. The summed E-state index contributed by atoms with van der Waals surface area (Å²) in [7, 11) is -0.816. The highest BCUT2D eigenvalue weighted by atomic mass is 35.5. The van der Waals surface area contributed by atoms with E-state index in [1.54, 1.807) is 25.1 Å². The molecule has 0 aliphatic carbocycles. The Morgan fingerprint density at radius 1 is 1.22 bits per heavy atom. The summed E-state index contributed by atoms with van der Waals surface area (Å²) >= 11 is 6.03. The molecular weight excluding hydrogens is 338 g/mol. The Morgan fingerprint density at radius 3 is 2.52 bits per heavy atom. The van der Waals surface area contributed by atoms with Gasteiger partial charge >= 0.3 is 0 Å². The van der Waals surface area contributed by atoms with E-state index in [0.29, 0.717) is 5.82 Å². The second kappa shape index (κ2) is 6.66. The topological polar surface area (TPSA) is 79.4 Å². The molecule has 1 heterocycles. The number of sulfonamides is 1. The van der Waals surface area contributed by atoms with Crippen LogP contribution in [0.2, 0.25) is 5.02 Å². The number of carbonyl (C=O) groups is 1. The standard InChI is InChI=1S/C15H16ClN3O3S/c1-10-5-4-6-14(17-10)18-15(20)12-9-11(7-8-13(12)16)23(21,22)19(2)3/h4-9H,1-3H3,(H,17,18,20). The molecule has 0 radical (unpaired) electrons. The third-order valence-electron chi connectivity index (χ3n) is 3.09. The van der Waals surface area contributed by atoms with E-state index >= 15 is 0 Å². The van der Waals surface area contributed by atoms with Gasteiger partial charge in [0.1, 0.15) is 5.82 Å². The number of carbonyl (C=O) groups excluding carboxylic acids is 1. The predicted molar refractivity (Wildman–Crippen MR) is 89.3 cm³/mol.